The minimum atomic E-state index is -3.35. The summed E-state index contributed by atoms with van der Waals surface area (Å²) < 4.78 is 32.4. The van der Waals surface area contributed by atoms with Gasteiger partial charge in [-0.2, -0.15) is 4.73 Å². The number of piperidine rings is 1. The summed E-state index contributed by atoms with van der Waals surface area (Å²) >= 11 is 0. The lowest BCUT2D eigenvalue weighted by Crippen LogP contribution is -2.42. The first kappa shape index (κ1) is 20.3. The highest BCUT2D eigenvalue weighted by Crippen LogP contribution is 2.46. The Morgan fingerprint density at radius 2 is 2.13 bits per heavy atom. The van der Waals surface area contributed by atoms with Crippen molar-refractivity contribution in [3.05, 3.63) is 59.1 Å². The Hall–Kier alpha value is -3.02. The van der Waals surface area contributed by atoms with Crippen molar-refractivity contribution in [2.75, 3.05) is 24.4 Å². The van der Waals surface area contributed by atoms with Crippen molar-refractivity contribution in [3.63, 3.8) is 0 Å². The van der Waals surface area contributed by atoms with Crippen LogP contribution < -0.4 is 19.9 Å². The summed E-state index contributed by atoms with van der Waals surface area (Å²) in [6.45, 7) is 1.57. The molecule has 0 aliphatic carbocycles. The molecule has 3 heterocycles. The molecule has 1 aromatic heterocycles. The molecular weight excluding hydrogens is 410 g/mol. The first-order valence-corrected chi connectivity index (χ1v) is 11.0. The van der Waals surface area contributed by atoms with Crippen molar-refractivity contribution in [2.45, 2.75) is 12.8 Å². The quantitative estimate of drug-likeness (QED) is 0.426. The number of likely N-dealkylation sites (tertiary alicyclic amines) is 1. The van der Waals surface area contributed by atoms with E-state index in [-0.39, 0.29) is 17.7 Å². The minimum absolute atomic E-state index is 0.000474. The number of hydrogen-bond donors (Lipinski definition) is 4. The predicted molar refractivity (Wildman–Crippen MR) is 113 cm³/mol. The predicted octanol–water partition coefficient (Wildman–Crippen LogP) is 1.96. The fraction of sp³-hybridized carbons (Fsp3) is 0.316. The molecule has 2 aromatic rings. The standard InChI is InChI=1S/C19H23N5O5S/c20-18-17-15(21-30(27,28)22-18)4-1-5-16(17)29-12-13-3-2-8-23(11-13)19(25)14-6-9-24(26)10-7-14/h1,4-7,9-10,13,21,27-28H,2-3,8,11-12H2,(H2,20,22). The van der Waals surface area contributed by atoms with Crippen LogP contribution in [0.25, 0.3) is 0 Å². The molecule has 11 heteroatoms. The number of nitrogens with two attached hydrogens (primary N) is 1. The fourth-order valence-electron chi connectivity index (χ4n) is 3.68. The number of aromatic nitrogens is 1. The van der Waals surface area contributed by atoms with Crippen molar-refractivity contribution in [1.29, 1.82) is 0 Å². The number of carbonyl (C=O) groups is 1. The molecule has 4 rings (SSSR count). The van der Waals surface area contributed by atoms with Gasteiger partial charge in [-0.05, 0) is 35.9 Å². The summed E-state index contributed by atoms with van der Waals surface area (Å²) in [6.07, 6.45) is 4.39. The number of nitrogens with zero attached hydrogens (tertiary/aromatic N) is 3. The van der Waals surface area contributed by atoms with Crippen molar-refractivity contribution >= 4 is 28.4 Å². The van der Waals surface area contributed by atoms with Crippen LogP contribution in [0.4, 0.5) is 5.69 Å². The molecule has 10 nitrogen and oxygen atoms in total. The number of nitrogens with one attached hydrogen (secondary N) is 1. The number of hydrogen-bond acceptors (Lipinski definition) is 8. The number of anilines is 1. The number of benzene rings is 1. The zero-order valence-corrected chi connectivity index (χ0v) is 16.9. The van der Waals surface area contributed by atoms with Gasteiger partial charge in [0, 0.05) is 31.1 Å². The third-order valence-corrected chi connectivity index (χ3v) is 6.03. The third-order valence-electron chi connectivity index (χ3n) is 5.08. The van der Waals surface area contributed by atoms with Crippen LogP contribution in [0.2, 0.25) is 0 Å². The maximum Gasteiger partial charge on any atom is 0.254 e. The Morgan fingerprint density at radius 1 is 1.37 bits per heavy atom. The lowest BCUT2D eigenvalue weighted by atomic mass is 9.98. The van der Waals surface area contributed by atoms with E-state index >= 15 is 0 Å². The Morgan fingerprint density at radius 3 is 2.90 bits per heavy atom. The molecule has 0 spiro atoms. The van der Waals surface area contributed by atoms with Gasteiger partial charge in [0.15, 0.2) is 18.2 Å². The number of ether oxygens (including phenoxy) is 1. The Bertz CT molecular complexity index is 982. The summed E-state index contributed by atoms with van der Waals surface area (Å²) in [7, 11) is -3.35. The second kappa shape index (κ2) is 8.01. The molecule has 30 heavy (non-hydrogen) atoms. The van der Waals surface area contributed by atoms with Crippen LogP contribution in [-0.4, -0.2) is 45.4 Å². The second-order valence-electron chi connectivity index (χ2n) is 7.29. The van der Waals surface area contributed by atoms with E-state index in [1.54, 1.807) is 23.1 Å². The summed E-state index contributed by atoms with van der Waals surface area (Å²) in [5.41, 5.74) is 7.34. The average molecular weight is 433 g/mol. The Kier molecular flexibility index (Phi) is 5.41. The van der Waals surface area contributed by atoms with E-state index in [4.69, 9.17) is 10.5 Å². The van der Waals surface area contributed by atoms with Crippen molar-refractivity contribution < 1.29 is 23.4 Å². The zero-order chi connectivity index (χ0) is 21.3. The van der Waals surface area contributed by atoms with Crippen LogP contribution in [0.15, 0.2) is 47.1 Å². The van der Waals surface area contributed by atoms with Crippen LogP contribution in [0.3, 0.4) is 0 Å². The minimum Gasteiger partial charge on any atom is -0.619 e. The van der Waals surface area contributed by atoms with Gasteiger partial charge in [0.05, 0.1) is 23.4 Å². The van der Waals surface area contributed by atoms with E-state index in [9.17, 15) is 19.1 Å². The van der Waals surface area contributed by atoms with Crippen LogP contribution in [0.1, 0.15) is 28.8 Å². The van der Waals surface area contributed by atoms with Gasteiger partial charge in [0.1, 0.15) is 5.75 Å². The van der Waals surface area contributed by atoms with E-state index in [1.165, 1.54) is 24.5 Å². The maximum atomic E-state index is 12.7. The van der Waals surface area contributed by atoms with Crippen LogP contribution in [0.5, 0.6) is 5.75 Å². The van der Waals surface area contributed by atoms with Gasteiger partial charge < -0.3 is 20.6 Å². The zero-order valence-electron chi connectivity index (χ0n) is 16.1. The highest BCUT2D eigenvalue weighted by atomic mass is 32.3. The second-order valence-corrected chi connectivity index (χ2v) is 8.72. The number of carbonyl (C=O) groups excluding carboxylic acids is 1. The topological polar surface area (TPSA) is 147 Å². The van der Waals surface area contributed by atoms with E-state index < -0.39 is 11.0 Å². The number of pyridine rings is 1. The lowest BCUT2D eigenvalue weighted by molar-refractivity contribution is -0.605. The molecule has 1 atom stereocenters. The van der Waals surface area contributed by atoms with E-state index in [0.717, 1.165) is 12.8 Å². The SMILES string of the molecule is NC1=NS(O)(O)Nc2cccc(OCC3CCCN(C(=O)c4cc[n+]([O-])cc4)C3)c21. The van der Waals surface area contributed by atoms with E-state index in [2.05, 4.69) is 9.12 Å². The number of fused-ring (bicyclic) bond motifs is 1. The monoisotopic (exact) mass is 433 g/mol. The van der Waals surface area contributed by atoms with Crippen LogP contribution in [-0.2, 0) is 0 Å². The normalized spacial score (nSPS) is 21.1. The molecule has 1 amide bonds. The molecule has 160 valence electrons. The highest BCUT2D eigenvalue weighted by Gasteiger charge is 2.28. The van der Waals surface area contributed by atoms with Gasteiger partial charge in [-0.1, -0.05) is 6.07 Å². The smallest absolute Gasteiger partial charge is 0.254 e. The molecule has 0 bridgehead atoms. The lowest BCUT2D eigenvalue weighted by Gasteiger charge is -2.34. The van der Waals surface area contributed by atoms with Gasteiger partial charge in [-0.25, -0.2) is 0 Å². The van der Waals surface area contributed by atoms with Crippen molar-refractivity contribution in [2.24, 2.45) is 16.0 Å². The van der Waals surface area contributed by atoms with Gasteiger partial charge in [-0.15, -0.1) is 4.40 Å². The van der Waals surface area contributed by atoms with E-state index in [0.29, 0.717) is 47.0 Å². The van der Waals surface area contributed by atoms with Gasteiger partial charge >= 0.3 is 0 Å². The Balaban J connectivity index is 1.43. The molecule has 1 unspecified atom stereocenters. The van der Waals surface area contributed by atoms with Gasteiger partial charge in [-0.3, -0.25) is 18.6 Å². The maximum absolute atomic E-state index is 12.7. The highest BCUT2D eigenvalue weighted by molar-refractivity contribution is 8.24. The third kappa shape index (κ3) is 4.27. The number of rotatable bonds is 4. The molecule has 0 radical (unpaired) electrons. The molecule has 0 saturated carbocycles. The fourth-order valence-corrected chi connectivity index (χ4v) is 4.56. The molecule has 2 aliphatic rings. The summed E-state index contributed by atoms with van der Waals surface area (Å²) in [5, 5.41) is 11.2. The first-order chi connectivity index (χ1) is 14.3. The molecular formula is C19H23N5O5S. The molecule has 1 saturated heterocycles. The van der Waals surface area contributed by atoms with Crippen molar-refractivity contribution in [1.82, 2.24) is 4.90 Å². The van der Waals surface area contributed by atoms with Crippen LogP contribution >= 0.6 is 11.0 Å². The summed E-state index contributed by atoms with van der Waals surface area (Å²) in [5.74, 6) is 0.507. The average Bonchev–Trinajstić information content (AvgIpc) is 2.71. The Labute approximate surface area is 175 Å². The first-order valence-electron chi connectivity index (χ1n) is 9.48. The van der Waals surface area contributed by atoms with Crippen LogP contribution in [0, 0.1) is 11.1 Å². The van der Waals surface area contributed by atoms with E-state index in [1.807, 2.05) is 0 Å². The number of amides is 1. The largest absolute Gasteiger partial charge is 0.619 e. The summed E-state index contributed by atoms with van der Waals surface area (Å²) in [6, 6.07) is 8.18. The van der Waals surface area contributed by atoms with Crippen molar-refractivity contribution in [3.8, 4) is 5.75 Å². The van der Waals surface area contributed by atoms with Gasteiger partial charge in [0.25, 0.3) is 5.91 Å². The molecule has 2 aliphatic heterocycles. The summed E-state index contributed by atoms with van der Waals surface area (Å²) in [4.78, 5) is 14.5. The number of amidine groups is 1. The molecule has 1 fully saturated rings. The molecule has 1 aromatic carbocycles. The molecule has 5 N–H and O–H groups in total. The van der Waals surface area contributed by atoms with Gasteiger partial charge in [0.2, 0.25) is 0 Å².